The minimum absolute atomic E-state index is 0.563. The van der Waals surface area contributed by atoms with E-state index in [4.69, 9.17) is 0 Å². The standard InChI is InChI=1S/C3H10N2O2/c1-3-6-5(2)7-4/h3-4H2,1-2H3. The summed E-state index contributed by atoms with van der Waals surface area (Å²) in [5, 5.41) is 1.08. The lowest BCUT2D eigenvalue weighted by Crippen LogP contribution is -2.22. The van der Waals surface area contributed by atoms with Gasteiger partial charge in [0.15, 0.2) is 0 Å². The summed E-state index contributed by atoms with van der Waals surface area (Å²) in [5.41, 5.74) is 0. The minimum Gasteiger partial charge on any atom is -0.273 e. The van der Waals surface area contributed by atoms with Gasteiger partial charge >= 0.3 is 0 Å². The van der Waals surface area contributed by atoms with E-state index in [2.05, 4.69) is 15.7 Å². The molecule has 0 heterocycles. The molecule has 0 saturated carbocycles. The molecule has 2 N–H and O–H groups in total. The second-order valence-corrected chi connectivity index (χ2v) is 0.963. The molecule has 0 atom stereocenters. The molecule has 0 aromatic heterocycles. The van der Waals surface area contributed by atoms with E-state index in [1.807, 2.05) is 6.92 Å². The average Bonchev–Trinajstić information content (AvgIpc) is 1.68. The molecule has 0 aromatic carbocycles. The van der Waals surface area contributed by atoms with Crippen LogP contribution in [0.25, 0.3) is 0 Å². The number of hydroxylamine groups is 2. The Morgan fingerprint density at radius 1 is 1.71 bits per heavy atom. The SMILES string of the molecule is CCON(C)ON. The first kappa shape index (κ1) is 6.84. The van der Waals surface area contributed by atoms with Crippen LogP contribution >= 0.6 is 0 Å². The van der Waals surface area contributed by atoms with E-state index in [0.29, 0.717) is 6.61 Å². The first-order valence-electron chi connectivity index (χ1n) is 2.04. The maximum atomic E-state index is 4.68. The van der Waals surface area contributed by atoms with Crippen molar-refractivity contribution < 1.29 is 9.78 Å². The molecular formula is C3H10N2O2. The summed E-state index contributed by atoms with van der Waals surface area (Å²) in [5.74, 6) is 4.66. The van der Waals surface area contributed by atoms with Gasteiger partial charge in [-0.15, -0.1) is 0 Å². The lowest BCUT2D eigenvalue weighted by molar-refractivity contribution is -0.354. The highest BCUT2D eigenvalue weighted by Gasteiger charge is 1.87. The zero-order valence-electron chi connectivity index (χ0n) is 4.55. The third kappa shape index (κ3) is 3.68. The van der Waals surface area contributed by atoms with Gasteiger partial charge in [0.2, 0.25) is 0 Å². The van der Waals surface area contributed by atoms with Crippen LogP contribution in [0.5, 0.6) is 0 Å². The second-order valence-electron chi connectivity index (χ2n) is 0.963. The van der Waals surface area contributed by atoms with E-state index in [-0.39, 0.29) is 0 Å². The van der Waals surface area contributed by atoms with Crippen molar-refractivity contribution in [2.45, 2.75) is 6.92 Å². The van der Waals surface area contributed by atoms with E-state index in [1.54, 1.807) is 7.05 Å². The maximum Gasteiger partial charge on any atom is 0.0684 e. The monoisotopic (exact) mass is 106 g/mol. The van der Waals surface area contributed by atoms with E-state index in [1.165, 1.54) is 0 Å². The van der Waals surface area contributed by atoms with Crippen molar-refractivity contribution in [3.05, 3.63) is 0 Å². The van der Waals surface area contributed by atoms with Crippen LogP contribution in [-0.4, -0.2) is 18.9 Å². The van der Waals surface area contributed by atoms with Crippen LogP contribution in [0.3, 0.4) is 0 Å². The lowest BCUT2D eigenvalue weighted by Gasteiger charge is -2.08. The molecule has 0 aliphatic carbocycles. The maximum absolute atomic E-state index is 4.68. The summed E-state index contributed by atoms with van der Waals surface area (Å²) >= 11 is 0. The zero-order valence-corrected chi connectivity index (χ0v) is 4.55. The van der Waals surface area contributed by atoms with Crippen LogP contribution in [0.15, 0.2) is 0 Å². The molecule has 4 nitrogen and oxygen atoms in total. The Hall–Kier alpha value is -0.160. The topological polar surface area (TPSA) is 47.7 Å². The fraction of sp³-hybridized carbons (Fsp3) is 1.00. The first-order chi connectivity index (χ1) is 3.31. The molecule has 0 rings (SSSR count). The van der Waals surface area contributed by atoms with Crippen molar-refractivity contribution in [1.82, 2.24) is 5.23 Å². The van der Waals surface area contributed by atoms with E-state index in [9.17, 15) is 0 Å². The first-order valence-corrected chi connectivity index (χ1v) is 2.04. The summed E-state index contributed by atoms with van der Waals surface area (Å²) < 4.78 is 0. The Bertz CT molecular complexity index is 41.9. The molecule has 0 aromatic rings. The second kappa shape index (κ2) is 4.01. The Morgan fingerprint density at radius 3 is 2.43 bits per heavy atom. The van der Waals surface area contributed by atoms with E-state index < -0.39 is 0 Å². The predicted octanol–water partition coefficient (Wildman–Crippen LogP) is -0.325. The number of hydrogen-bond donors (Lipinski definition) is 1. The van der Waals surface area contributed by atoms with Gasteiger partial charge in [0.05, 0.1) is 6.61 Å². The molecule has 44 valence electrons. The number of hydrogen-bond acceptors (Lipinski definition) is 4. The quantitative estimate of drug-likeness (QED) is 0.501. The van der Waals surface area contributed by atoms with Gasteiger partial charge in [-0.25, -0.2) is 0 Å². The summed E-state index contributed by atoms with van der Waals surface area (Å²) in [6.07, 6.45) is 0. The van der Waals surface area contributed by atoms with Gasteiger partial charge in [0.25, 0.3) is 0 Å². The highest BCUT2D eigenvalue weighted by atomic mass is 17.0. The molecule has 0 fully saturated rings. The van der Waals surface area contributed by atoms with Crippen LogP contribution in [0.4, 0.5) is 0 Å². The molecule has 0 aliphatic rings. The van der Waals surface area contributed by atoms with Crippen LogP contribution in [0.1, 0.15) is 6.92 Å². The lowest BCUT2D eigenvalue weighted by atomic mass is 10.9. The molecule has 0 unspecified atom stereocenters. The molecule has 0 radical (unpaired) electrons. The van der Waals surface area contributed by atoms with E-state index in [0.717, 1.165) is 5.23 Å². The van der Waals surface area contributed by atoms with Crippen molar-refractivity contribution >= 4 is 0 Å². The van der Waals surface area contributed by atoms with Crippen molar-refractivity contribution in [2.24, 2.45) is 5.90 Å². The zero-order chi connectivity index (χ0) is 5.70. The summed E-state index contributed by atoms with van der Waals surface area (Å²) in [7, 11) is 1.57. The van der Waals surface area contributed by atoms with Gasteiger partial charge in [-0.05, 0) is 12.2 Å². The van der Waals surface area contributed by atoms with Crippen molar-refractivity contribution in [1.29, 1.82) is 0 Å². The summed E-state index contributed by atoms with van der Waals surface area (Å²) in [6, 6.07) is 0. The fourth-order valence-corrected chi connectivity index (χ4v) is 0.212. The van der Waals surface area contributed by atoms with Crippen LogP contribution in [0.2, 0.25) is 0 Å². The van der Waals surface area contributed by atoms with Crippen molar-refractivity contribution in [2.75, 3.05) is 13.7 Å². The number of nitrogens with zero attached hydrogens (tertiary/aromatic N) is 1. The Labute approximate surface area is 42.7 Å². The van der Waals surface area contributed by atoms with Crippen molar-refractivity contribution in [3.8, 4) is 0 Å². The van der Waals surface area contributed by atoms with Gasteiger partial charge in [-0.2, -0.15) is 10.8 Å². The Balaban J connectivity index is 2.83. The van der Waals surface area contributed by atoms with E-state index >= 15 is 0 Å². The predicted molar refractivity (Wildman–Crippen MR) is 24.7 cm³/mol. The van der Waals surface area contributed by atoms with Gasteiger partial charge in [-0.3, -0.25) is 4.84 Å². The van der Waals surface area contributed by atoms with Gasteiger partial charge < -0.3 is 0 Å². The highest BCUT2D eigenvalue weighted by molar-refractivity contribution is 3.99. The largest absolute Gasteiger partial charge is 0.273 e. The molecule has 0 saturated heterocycles. The molecule has 7 heavy (non-hydrogen) atoms. The summed E-state index contributed by atoms with van der Waals surface area (Å²) in [6.45, 7) is 2.41. The molecule has 0 spiro atoms. The third-order valence-corrected chi connectivity index (χ3v) is 0.459. The molecular weight excluding hydrogens is 96.0 g/mol. The number of rotatable bonds is 3. The molecule has 0 bridgehead atoms. The normalized spacial score (nSPS) is 10.3. The van der Waals surface area contributed by atoms with Crippen LogP contribution in [-0.2, 0) is 9.78 Å². The average molecular weight is 106 g/mol. The molecule has 0 aliphatic heterocycles. The Kier molecular flexibility index (Phi) is 3.92. The smallest absolute Gasteiger partial charge is 0.0684 e. The van der Waals surface area contributed by atoms with Crippen molar-refractivity contribution in [3.63, 3.8) is 0 Å². The van der Waals surface area contributed by atoms with Gasteiger partial charge in [0.1, 0.15) is 0 Å². The van der Waals surface area contributed by atoms with Gasteiger partial charge in [0, 0.05) is 7.05 Å². The molecule has 0 amide bonds. The molecule has 4 heteroatoms. The fourth-order valence-electron chi connectivity index (χ4n) is 0.212. The van der Waals surface area contributed by atoms with Crippen LogP contribution in [0, 0.1) is 0 Å². The summed E-state index contributed by atoms with van der Waals surface area (Å²) in [4.78, 5) is 8.78. The highest BCUT2D eigenvalue weighted by Crippen LogP contribution is 1.77. The number of nitrogens with two attached hydrogens (primary N) is 1. The Morgan fingerprint density at radius 2 is 2.29 bits per heavy atom. The third-order valence-electron chi connectivity index (χ3n) is 0.459. The minimum atomic E-state index is 0.563. The van der Waals surface area contributed by atoms with Crippen LogP contribution < -0.4 is 5.90 Å². The van der Waals surface area contributed by atoms with Gasteiger partial charge in [-0.1, -0.05) is 0 Å².